The van der Waals surface area contributed by atoms with Crippen molar-refractivity contribution in [3.63, 3.8) is 0 Å². The first-order chi connectivity index (χ1) is 8.02. The van der Waals surface area contributed by atoms with E-state index in [-0.39, 0.29) is 5.75 Å². The topological polar surface area (TPSA) is 101 Å². The van der Waals surface area contributed by atoms with Gasteiger partial charge in [0.05, 0.1) is 29.4 Å². The van der Waals surface area contributed by atoms with E-state index >= 15 is 0 Å². The summed E-state index contributed by atoms with van der Waals surface area (Å²) < 4.78 is 30.3. The first-order valence-electron chi connectivity index (χ1n) is 4.67. The van der Waals surface area contributed by atoms with Crippen molar-refractivity contribution < 1.29 is 18.4 Å². The summed E-state index contributed by atoms with van der Waals surface area (Å²) in [4.78, 5) is 24.0. The quantitative estimate of drug-likeness (QED) is 0.661. The van der Waals surface area contributed by atoms with Crippen LogP contribution < -0.4 is 11.2 Å². The van der Waals surface area contributed by atoms with Crippen LogP contribution in [0.15, 0.2) is 15.8 Å². The van der Waals surface area contributed by atoms with Gasteiger partial charge in [-0.1, -0.05) is 0 Å². The van der Waals surface area contributed by atoms with Crippen LogP contribution in [0.3, 0.4) is 0 Å². The molecule has 2 heterocycles. The summed E-state index contributed by atoms with van der Waals surface area (Å²) in [5.74, 6) is -1.18. The highest BCUT2D eigenvalue weighted by Gasteiger charge is 2.33. The lowest BCUT2D eigenvalue weighted by atomic mass is 10.5. The van der Waals surface area contributed by atoms with Crippen LogP contribution in [0.4, 0.5) is 4.39 Å². The van der Waals surface area contributed by atoms with Crippen LogP contribution >= 0.6 is 0 Å². The van der Waals surface area contributed by atoms with Gasteiger partial charge in [0.25, 0.3) is 5.56 Å². The zero-order chi connectivity index (χ0) is 12.6. The third-order valence-electron chi connectivity index (χ3n) is 2.29. The number of nitrogens with zero attached hydrogens (tertiary/aromatic N) is 1. The van der Waals surface area contributed by atoms with Gasteiger partial charge in [-0.3, -0.25) is 18.6 Å². The smallest absolute Gasteiger partial charge is 0.330 e. The number of nitrogens with one attached hydrogen (secondary N) is 1. The van der Waals surface area contributed by atoms with Crippen LogP contribution in [-0.2, 0) is 15.5 Å². The van der Waals surface area contributed by atoms with Crippen molar-refractivity contribution in [1.82, 2.24) is 9.55 Å². The lowest BCUT2D eigenvalue weighted by molar-refractivity contribution is -0.00766. The number of halogens is 1. The fourth-order valence-corrected chi connectivity index (χ4v) is 2.62. The molecule has 3 atom stereocenters. The van der Waals surface area contributed by atoms with Gasteiger partial charge in [-0.2, -0.15) is 4.39 Å². The number of ether oxygens (including phenoxy) is 1. The second-order valence-electron chi connectivity index (χ2n) is 3.39. The van der Waals surface area contributed by atoms with E-state index in [0.29, 0.717) is 6.20 Å². The third kappa shape index (κ3) is 2.21. The minimum Gasteiger partial charge on any atom is -0.393 e. The van der Waals surface area contributed by atoms with E-state index < -0.39 is 46.1 Å². The summed E-state index contributed by atoms with van der Waals surface area (Å²) in [6.45, 7) is -0.455. The molecule has 0 bridgehead atoms. The highest BCUT2D eigenvalue weighted by atomic mass is 32.2. The molecule has 1 aliphatic rings. The van der Waals surface area contributed by atoms with Crippen LogP contribution in [0, 0.1) is 5.82 Å². The molecule has 0 radical (unpaired) electrons. The normalized spacial score (nSPS) is 28.5. The maximum Gasteiger partial charge on any atom is 0.330 e. The minimum absolute atomic E-state index is 0.0450. The third-order valence-corrected chi connectivity index (χ3v) is 3.75. The van der Waals surface area contributed by atoms with Crippen LogP contribution in [0.2, 0.25) is 0 Å². The van der Waals surface area contributed by atoms with Crippen molar-refractivity contribution in [1.29, 1.82) is 0 Å². The van der Waals surface area contributed by atoms with E-state index in [1.165, 1.54) is 0 Å². The van der Waals surface area contributed by atoms with Gasteiger partial charge in [-0.05, 0) is 0 Å². The fourth-order valence-electron chi connectivity index (χ4n) is 1.47. The standard InChI is InChI=1S/C8H9FN2O5S/c9-4-1-11(8(14)10-7(4)13)5-3-17(15)6(2-12)16-5/h1,5-6,12H,2-3H2,(H,10,13,14)/t5-,6+,17?/m0/s1. The maximum absolute atomic E-state index is 13.0. The monoisotopic (exact) mass is 264 g/mol. The van der Waals surface area contributed by atoms with Crippen molar-refractivity contribution >= 4 is 10.8 Å². The molecule has 0 spiro atoms. The van der Waals surface area contributed by atoms with Crippen LogP contribution in [-0.4, -0.2) is 36.7 Å². The molecule has 2 rings (SSSR count). The van der Waals surface area contributed by atoms with Gasteiger partial charge in [0, 0.05) is 0 Å². The Morgan fingerprint density at radius 3 is 2.94 bits per heavy atom. The second kappa shape index (κ2) is 4.51. The molecule has 17 heavy (non-hydrogen) atoms. The SMILES string of the molecule is O=c1[nH]c(=O)n([C@@H]2CS(=O)[C@H](CO)O2)cc1F. The molecule has 1 saturated heterocycles. The van der Waals surface area contributed by atoms with Crippen molar-refractivity contribution in [2.24, 2.45) is 0 Å². The lowest BCUT2D eigenvalue weighted by Crippen LogP contribution is -2.34. The van der Waals surface area contributed by atoms with Gasteiger partial charge in [-0.25, -0.2) is 4.79 Å². The lowest BCUT2D eigenvalue weighted by Gasteiger charge is -2.12. The molecule has 1 aliphatic heterocycles. The molecule has 0 amide bonds. The second-order valence-corrected chi connectivity index (χ2v) is 5.01. The van der Waals surface area contributed by atoms with Crippen molar-refractivity contribution in [3.05, 3.63) is 32.9 Å². The molecular weight excluding hydrogens is 255 g/mol. The Balaban J connectivity index is 2.37. The van der Waals surface area contributed by atoms with Gasteiger partial charge in [0.15, 0.2) is 11.7 Å². The number of rotatable bonds is 2. The summed E-state index contributed by atoms with van der Waals surface area (Å²) in [5, 5.41) is 8.83. The van der Waals surface area contributed by atoms with Gasteiger partial charge in [0.1, 0.15) is 0 Å². The molecule has 94 valence electrons. The Hall–Kier alpha value is -1.32. The van der Waals surface area contributed by atoms with Crippen molar-refractivity contribution in [2.45, 2.75) is 11.7 Å². The maximum atomic E-state index is 13.0. The summed E-state index contributed by atoms with van der Waals surface area (Å²) in [6.07, 6.45) is -0.255. The predicted octanol–water partition coefficient (Wildman–Crippen LogP) is -1.73. The number of aromatic nitrogens is 2. The Kier molecular flexibility index (Phi) is 3.22. The Labute approximate surface area is 96.3 Å². The van der Waals surface area contributed by atoms with E-state index in [1.807, 2.05) is 0 Å². The number of H-pyrrole nitrogens is 1. The first kappa shape index (κ1) is 12.1. The van der Waals surface area contributed by atoms with Crippen LogP contribution in [0.5, 0.6) is 0 Å². The number of aliphatic hydroxyl groups excluding tert-OH is 1. The predicted molar refractivity (Wildman–Crippen MR) is 55.3 cm³/mol. The molecule has 0 saturated carbocycles. The number of aliphatic hydroxyl groups is 1. The van der Waals surface area contributed by atoms with Crippen LogP contribution in [0.25, 0.3) is 0 Å². The summed E-state index contributed by atoms with van der Waals surface area (Å²) in [7, 11) is -1.46. The zero-order valence-electron chi connectivity index (χ0n) is 8.46. The summed E-state index contributed by atoms with van der Waals surface area (Å²) in [6, 6.07) is 0. The fraction of sp³-hybridized carbons (Fsp3) is 0.500. The Morgan fingerprint density at radius 1 is 1.65 bits per heavy atom. The van der Waals surface area contributed by atoms with Gasteiger partial charge in [0.2, 0.25) is 5.82 Å². The van der Waals surface area contributed by atoms with E-state index in [0.717, 1.165) is 4.57 Å². The Bertz CT molecular complexity index is 568. The van der Waals surface area contributed by atoms with Gasteiger partial charge in [-0.15, -0.1) is 0 Å². The minimum atomic E-state index is -1.46. The molecule has 2 N–H and O–H groups in total. The van der Waals surface area contributed by atoms with Gasteiger partial charge >= 0.3 is 5.69 Å². The highest BCUT2D eigenvalue weighted by molar-refractivity contribution is 7.85. The van der Waals surface area contributed by atoms with E-state index in [4.69, 9.17) is 9.84 Å². The highest BCUT2D eigenvalue weighted by Crippen LogP contribution is 2.21. The van der Waals surface area contributed by atoms with Crippen molar-refractivity contribution in [2.75, 3.05) is 12.4 Å². The van der Waals surface area contributed by atoms with Gasteiger partial charge < -0.3 is 9.84 Å². The average Bonchev–Trinajstić information content (AvgIpc) is 2.65. The van der Waals surface area contributed by atoms with Crippen LogP contribution in [0.1, 0.15) is 6.23 Å². The number of hydrogen-bond donors (Lipinski definition) is 2. The largest absolute Gasteiger partial charge is 0.393 e. The molecule has 1 aromatic rings. The molecule has 1 unspecified atom stereocenters. The molecule has 9 heteroatoms. The number of hydrogen-bond acceptors (Lipinski definition) is 5. The molecule has 1 aromatic heterocycles. The number of aromatic amines is 1. The summed E-state index contributed by atoms with van der Waals surface area (Å²) >= 11 is 0. The zero-order valence-corrected chi connectivity index (χ0v) is 9.28. The molecule has 1 fully saturated rings. The molecule has 0 aromatic carbocycles. The van der Waals surface area contributed by atoms with Crippen molar-refractivity contribution in [3.8, 4) is 0 Å². The molecule has 0 aliphatic carbocycles. The first-order valence-corrected chi connectivity index (χ1v) is 6.05. The summed E-state index contributed by atoms with van der Waals surface area (Å²) in [5.41, 5.74) is -2.87. The van der Waals surface area contributed by atoms with E-state index in [1.54, 1.807) is 4.98 Å². The van der Waals surface area contributed by atoms with E-state index in [2.05, 4.69) is 0 Å². The molecular formula is C8H9FN2O5S. The van der Waals surface area contributed by atoms with E-state index in [9.17, 15) is 18.2 Å². The Morgan fingerprint density at radius 2 is 2.35 bits per heavy atom. The molecule has 7 nitrogen and oxygen atoms in total. The average molecular weight is 264 g/mol.